The average molecular weight is 292 g/mol. The molecule has 0 atom stereocenters. The van der Waals surface area contributed by atoms with Crippen molar-refractivity contribution in [3.63, 3.8) is 0 Å². The van der Waals surface area contributed by atoms with E-state index in [0.717, 1.165) is 5.56 Å². The number of hydrogen-bond acceptors (Lipinski definition) is 2. The van der Waals surface area contributed by atoms with Crippen LogP contribution in [-0.2, 0) is 11.8 Å². The molecule has 2 aromatic carbocycles. The van der Waals surface area contributed by atoms with E-state index in [0.29, 0.717) is 5.56 Å². The van der Waals surface area contributed by atoms with Crippen molar-refractivity contribution in [3.8, 4) is 0 Å². The molecule has 2 aromatic rings. The van der Waals surface area contributed by atoms with Crippen LogP contribution in [0.1, 0.15) is 16.7 Å². The van der Waals surface area contributed by atoms with Crippen LogP contribution < -0.4 is 0 Å². The predicted octanol–water partition coefficient (Wildman–Crippen LogP) is 2.74. The molecule has 0 saturated heterocycles. The van der Waals surface area contributed by atoms with E-state index in [1.54, 1.807) is 31.2 Å². The van der Waals surface area contributed by atoms with Crippen molar-refractivity contribution in [3.05, 3.63) is 70.8 Å². The highest BCUT2D eigenvalue weighted by Gasteiger charge is 2.34. The summed E-state index contributed by atoms with van der Waals surface area (Å²) in [7, 11) is 0. The molecule has 0 unspecified atom stereocenters. The second kappa shape index (κ2) is 6.33. The van der Waals surface area contributed by atoms with Crippen molar-refractivity contribution in [1.82, 2.24) is 0 Å². The Labute approximate surface area is 122 Å². The van der Waals surface area contributed by atoms with Gasteiger partial charge >= 0.3 is 0 Å². The van der Waals surface area contributed by atoms with Crippen molar-refractivity contribution in [1.29, 1.82) is 0 Å². The molecule has 21 heavy (non-hydrogen) atoms. The Morgan fingerprint density at radius 2 is 1.67 bits per heavy atom. The Morgan fingerprint density at radius 1 is 1.00 bits per heavy atom. The largest absolute Gasteiger partial charge is 0.395 e. The van der Waals surface area contributed by atoms with Gasteiger partial charge in [-0.3, -0.25) is 0 Å². The van der Waals surface area contributed by atoms with Crippen LogP contribution in [0.3, 0.4) is 0 Å². The van der Waals surface area contributed by atoms with Crippen LogP contribution in [-0.4, -0.2) is 23.4 Å². The summed E-state index contributed by atoms with van der Waals surface area (Å²) in [4.78, 5) is 0. The maximum atomic E-state index is 14.0. The van der Waals surface area contributed by atoms with Gasteiger partial charge in [-0.15, -0.1) is 0 Å². The molecule has 0 aromatic heterocycles. The first kappa shape index (κ1) is 15.6. The quantitative estimate of drug-likeness (QED) is 0.889. The molecule has 0 bridgehead atoms. The van der Waals surface area contributed by atoms with Crippen LogP contribution in [0, 0.1) is 18.6 Å². The molecule has 0 aliphatic rings. The molecule has 0 amide bonds. The van der Waals surface area contributed by atoms with E-state index in [1.807, 2.05) is 0 Å². The Balaban J connectivity index is 2.46. The van der Waals surface area contributed by atoms with Crippen molar-refractivity contribution in [2.24, 2.45) is 0 Å². The van der Waals surface area contributed by atoms with Crippen molar-refractivity contribution in [2.75, 3.05) is 13.2 Å². The molecule has 0 heterocycles. The van der Waals surface area contributed by atoms with E-state index >= 15 is 0 Å². The van der Waals surface area contributed by atoms with Crippen LogP contribution in [0.15, 0.2) is 42.5 Å². The zero-order valence-corrected chi connectivity index (χ0v) is 11.8. The lowest BCUT2D eigenvalue weighted by atomic mass is 9.76. The minimum absolute atomic E-state index is 0.229. The van der Waals surface area contributed by atoms with Gasteiger partial charge in [-0.2, -0.15) is 0 Å². The van der Waals surface area contributed by atoms with Gasteiger partial charge in [-0.05, 0) is 48.2 Å². The van der Waals surface area contributed by atoms with Crippen molar-refractivity contribution in [2.45, 2.75) is 18.8 Å². The first-order chi connectivity index (χ1) is 10.0. The SMILES string of the molecule is Cc1cc(F)ccc1CC(CO)(CO)c1ccccc1F. The van der Waals surface area contributed by atoms with Crippen LogP contribution in [0.2, 0.25) is 0 Å². The number of rotatable bonds is 5. The fourth-order valence-electron chi connectivity index (χ4n) is 2.54. The summed E-state index contributed by atoms with van der Waals surface area (Å²) in [6, 6.07) is 10.4. The summed E-state index contributed by atoms with van der Waals surface area (Å²) in [5, 5.41) is 19.5. The first-order valence-electron chi connectivity index (χ1n) is 6.74. The minimum atomic E-state index is -1.13. The zero-order chi connectivity index (χ0) is 15.5. The van der Waals surface area contributed by atoms with Gasteiger partial charge < -0.3 is 10.2 Å². The van der Waals surface area contributed by atoms with Crippen LogP contribution in [0.4, 0.5) is 8.78 Å². The molecule has 0 saturated carbocycles. The van der Waals surface area contributed by atoms with Crippen LogP contribution in [0.5, 0.6) is 0 Å². The van der Waals surface area contributed by atoms with Gasteiger partial charge in [0.05, 0.1) is 13.2 Å². The topological polar surface area (TPSA) is 40.5 Å². The number of benzene rings is 2. The molecule has 0 spiro atoms. The van der Waals surface area contributed by atoms with Gasteiger partial charge in [0.2, 0.25) is 0 Å². The summed E-state index contributed by atoms with van der Waals surface area (Å²) in [6.45, 7) is 0.946. The standard InChI is InChI=1S/C17H18F2O2/c1-12-8-14(18)7-6-13(12)9-17(10-20,11-21)15-4-2-3-5-16(15)19/h2-8,20-21H,9-11H2,1H3. The molecule has 0 aliphatic carbocycles. The number of hydrogen-bond donors (Lipinski definition) is 2. The van der Waals surface area contributed by atoms with Crippen LogP contribution >= 0.6 is 0 Å². The average Bonchev–Trinajstić information content (AvgIpc) is 2.48. The van der Waals surface area contributed by atoms with E-state index in [4.69, 9.17) is 0 Å². The maximum Gasteiger partial charge on any atom is 0.127 e. The van der Waals surface area contributed by atoms with E-state index in [-0.39, 0.29) is 17.8 Å². The van der Waals surface area contributed by atoms with Gasteiger partial charge in [0.25, 0.3) is 0 Å². The molecule has 0 aliphatic heterocycles. The number of halogens is 2. The van der Waals surface area contributed by atoms with E-state index < -0.39 is 24.4 Å². The summed E-state index contributed by atoms with van der Waals surface area (Å²) in [6.07, 6.45) is 0.229. The summed E-state index contributed by atoms with van der Waals surface area (Å²) in [5.74, 6) is -0.818. The Morgan fingerprint density at radius 3 is 2.24 bits per heavy atom. The van der Waals surface area contributed by atoms with Gasteiger partial charge in [0.1, 0.15) is 11.6 Å². The maximum absolute atomic E-state index is 14.0. The fraction of sp³-hybridized carbons (Fsp3) is 0.294. The first-order valence-corrected chi connectivity index (χ1v) is 6.74. The molecule has 2 N–H and O–H groups in total. The highest BCUT2D eigenvalue weighted by Crippen LogP contribution is 2.31. The van der Waals surface area contributed by atoms with Gasteiger partial charge in [-0.25, -0.2) is 8.78 Å². The summed E-state index contributed by atoms with van der Waals surface area (Å²) < 4.78 is 27.2. The second-order valence-corrected chi connectivity index (χ2v) is 5.32. The third-order valence-corrected chi connectivity index (χ3v) is 3.88. The number of aryl methyl sites for hydroxylation is 1. The van der Waals surface area contributed by atoms with Crippen molar-refractivity contribution >= 4 is 0 Å². The van der Waals surface area contributed by atoms with Gasteiger partial charge in [-0.1, -0.05) is 24.3 Å². The Bertz CT molecular complexity index is 622. The molecular weight excluding hydrogens is 274 g/mol. The Hall–Kier alpha value is -1.78. The number of aliphatic hydroxyl groups is 2. The van der Waals surface area contributed by atoms with Crippen molar-refractivity contribution < 1.29 is 19.0 Å². The Kier molecular flexibility index (Phi) is 4.70. The highest BCUT2D eigenvalue weighted by atomic mass is 19.1. The smallest absolute Gasteiger partial charge is 0.127 e. The summed E-state index contributed by atoms with van der Waals surface area (Å²) >= 11 is 0. The molecule has 112 valence electrons. The van der Waals surface area contributed by atoms with Gasteiger partial charge in [0, 0.05) is 5.41 Å². The van der Waals surface area contributed by atoms with E-state index in [2.05, 4.69) is 0 Å². The lowest BCUT2D eigenvalue weighted by molar-refractivity contribution is 0.113. The van der Waals surface area contributed by atoms with E-state index in [1.165, 1.54) is 18.2 Å². The molecule has 2 rings (SSSR count). The predicted molar refractivity (Wildman–Crippen MR) is 77.1 cm³/mol. The van der Waals surface area contributed by atoms with Crippen LogP contribution in [0.25, 0.3) is 0 Å². The third kappa shape index (κ3) is 3.12. The lowest BCUT2D eigenvalue weighted by Crippen LogP contribution is -2.38. The minimum Gasteiger partial charge on any atom is -0.395 e. The second-order valence-electron chi connectivity index (χ2n) is 5.32. The van der Waals surface area contributed by atoms with Gasteiger partial charge in [0.15, 0.2) is 0 Å². The number of aliphatic hydroxyl groups excluding tert-OH is 2. The molecule has 0 fully saturated rings. The van der Waals surface area contributed by atoms with E-state index in [9.17, 15) is 19.0 Å². The fourth-order valence-corrected chi connectivity index (χ4v) is 2.54. The normalized spacial score (nSPS) is 11.7. The molecule has 2 nitrogen and oxygen atoms in total. The highest BCUT2D eigenvalue weighted by molar-refractivity contribution is 5.34. The lowest BCUT2D eigenvalue weighted by Gasteiger charge is -2.31. The molecule has 4 heteroatoms. The zero-order valence-electron chi connectivity index (χ0n) is 11.8. The third-order valence-electron chi connectivity index (χ3n) is 3.88. The molecule has 0 radical (unpaired) electrons. The summed E-state index contributed by atoms with van der Waals surface area (Å²) in [5.41, 5.74) is 0.604. The monoisotopic (exact) mass is 292 g/mol. The molecular formula is C17H18F2O2.